The van der Waals surface area contributed by atoms with E-state index in [1.807, 2.05) is 29.8 Å². The van der Waals surface area contributed by atoms with Crippen LogP contribution in [0.4, 0.5) is 5.13 Å². The van der Waals surface area contributed by atoms with E-state index in [4.69, 9.17) is 0 Å². The Morgan fingerprint density at radius 1 is 1.42 bits per heavy atom. The van der Waals surface area contributed by atoms with Crippen molar-refractivity contribution in [3.8, 4) is 0 Å². The molecule has 0 aliphatic rings. The highest BCUT2D eigenvalue weighted by molar-refractivity contribution is 8.00. The fraction of sp³-hybridized carbons (Fsp3) is 0.273. The summed E-state index contributed by atoms with van der Waals surface area (Å²) in [6, 6.07) is 1.89. The van der Waals surface area contributed by atoms with Crippen molar-refractivity contribution in [2.75, 3.05) is 11.9 Å². The van der Waals surface area contributed by atoms with Gasteiger partial charge in [-0.3, -0.25) is 4.40 Å². The molecule has 0 saturated carbocycles. The zero-order chi connectivity index (χ0) is 13.1. The second kappa shape index (κ2) is 5.54. The fourth-order valence-electron chi connectivity index (χ4n) is 1.58. The lowest BCUT2D eigenvalue weighted by Gasteiger charge is -1.92. The molecule has 0 aromatic carbocycles. The van der Waals surface area contributed by atoms with Gasteiger partial charge in [0.2, 0.25) is 10.9 Å². The van der Waals surface area contributed by atoms with Crippen LogP contribution in [0.15, 0.2) is 29.0 Å². The van der Waals surface area contributed by atoms with Gasteiger partial charge in [-0.1, -0.05) is 23.1 Å². The molecule has 8 heteroatoms. The SMILES string of the molecule is CCNc1nnc(SCc2cn3cccnc3n2)s1. The van der Waals surface area contributed by atoms with Crippen molar-refractivity contribution in [2.45, 2.75) is 17.0 Å². The number of nitrogens with zero attached hydrogens (tertiary/aromatic N) is 5. The van der Waals surface area contributed by atoms with Gasteiger partial charge in [-0.2, -0.15) is 0 Å². The zero-order valence-electron chi connectivity index (χ0n) is 10.3. The van der Waals surface area contributed by atoms with Crippen molar-refractivity contribution < 1.29 is 0 Å². The molecule has 0 radical (unpaired) electrons. The quantitative estimate of drug-likeness (QED) is 0.728. The standard InChI is InChI=1S/C11H12N6S2/c1-2-12-10-15-16-11(19-10)18-7-8-6-17-5-3-4-13-9(17)14-8/h3-6H,2,7H2,1H3,(H,12,15). The molecule has 3 heterocycles. The Hall–Kier alpha value is -1.67. The Balaban J connectivity index is 1.67. The normalized spacial score (nSPS) is 11.0. The highest BCUT2D eigenvalue weighted by atomic mass is 32.2. The van der Waals surface area contributed by atoms with E-state index in [0.717, 1.165) is 33.2 Å². The number of imidazole rings is 1. The number of hydrogen-bond donors (Lipinski definition) is 1. The smallest absolute Gasteiger partial charge is 0.233 e. The van der Waals surface area contributed by atoms with Crippen LogP contribution >= 0.6 is 23.1 Å². The zero-order valence-corrected chi connectivity index (χ0v) is 11.9. The molecule has 0 saturated heterocycles. The van der Waals surface area contributed by atoms with E-state index in [1.54, 1.807) is 29.3 Å². The van der Waals surface area contributed by atoms with Gasteiger partial charge in [0, 0.05) is 30.9 Å². The second-order valence-electron chi connectivity index (χ2n) is 3.75. The first-order valence-electron chi connectivity index (χ1n) is 5.84. The number of nitrogens with one attached hydrogen (secondary N) is 1. The minimum Gasteiger partial charge on any atom is -0.360 e. The third-order valence-corrected chi connectivity index (χ3v) is 4.41. The first-order valence-corrected chi connectivity index (χ1v) is 7.64. The topological polar surface area (TPSA) is 68.0 Å². The van der Waals surface area contributed by atoms with Gasteiger partial charge in [0.05, 0.1) is 5.69 Å². The molecule has 0 bridgehead atoms. The number of rotatable bonds is 5. The summed E-state index contributed by atoms with van der Waals surface area (Å²) in [5.74, 6) is 1.49. The van der Waals surface area contributed by atoms with Gasteiger partial charge in [-0.25, -0.2) is 9.97 Å². The van der Waals surface area contributed by atoms with Crippen LogP contribution in [-0.2, 0) is 5.75 Å². The third-order valence-electron chi connectivity index (χ3n) is 2.36. The van der Waals surface area contributed by atoms with Crippen molar-refractivity contribution >= 4 is 34.0 Å². The van der Waals surface area contributed by atoms with Gasteiger partial charge < -0.3 is 5.32 Å². The molecule has 0 atom stereocenters. The van der Waals surface area contributed by atoms with E-state index in [1.165, 1.54) is 0 Å². The summed E-state index contributed by atoms with van der Waals surface area (Å²) >= 11 is 3.20. The summed E-state index contributed by atoms with van der Waals surface area (Å²) in [6.07, 6.45) is 5.67. The molecule has 6 nitrogen and oxygen atoms in total. The molecule has 3 rings (SSSR count). The molecule has 3 aromatic rings. The summed E-state index contributed by atoms with van der Waals surface area (Å²) in [7, 11) is 0. The maximum Gasteiger partial charge on any atom is 0.233 e. The lowest BCUT2D eigenvalue weighted by molar-refractivity contribution is 1.00. The van der Waals surface area contributed by atoms with Crippen molar-refractivity contribution in [3.63, 3.8) is 0 Å². The second-order valence-corrected chi connectivity index (χ2v) is 5.95. The van der Waals surface area contributed by atoms with Crippen molar-refractivity contribution in [1.29, 1.82) is 0 Å². The third kappa shape index (κ3) is 2.85. The van der Waals surface area contributed by atoms with Gasteiger partial charge in [0.15, 0.2) is 4.34 Å². The molecule has 0 unspecified atom stereocenters. The first kappa shape index (κ1) is 12.4. The Morgan fingerprint density at radius 2 is 2.37 bits per heavy atom. The Labute approximate surface area is 118 Å². The number of aromatic nitrogens is 5. The predicted octanol–water partition coefficient (Wildman–Crippen LogP) is 2.30. The Kier molecular flexibility index (Phi) is 3.60. The summed E-state index contributed by atoms with van der Waals surface area (Å²) in [5, 5.41) is 12.2. The van der Waals surface area contributed by atoms with E-state index < -0.39 is 0 Å². The van der Waals surface area contributed by atoms with E-state index in [0.29, 0.717) is 0 Å². The molecule has 1 N–H and O–H groups in total. The Bertz CT molecular complexity index is 643. The average molecular weight is 292 g/mol. The summed E-state index contributed by atoms with van der Waals surface area (Å²) in [4.78, 5) is 8.64. The lowest BCUT2D eigenvalue weighted by Crippen LogP contribution is -1.94. The molecule has 3 aromatic heterocycles. The van der Waals surface area contributed by atoms with Crippen LogP contribution in [0, 0.1) is 0 Å². The van der Waals surface area contributed by atoms with E-state index in [2.05, 4.69) is 25.5 Å². The van der Waals surface area contributed by atoms with E-state index in [-0.39, 0.29) is 0 Å². The van der Waals surface area contributed by atoms with Crippen LogP contribution in [0.2, 0.25) is 0 Å². The molecule has 98 valence electrons. The minimum atomic E-state index is 0.726. The molecular formula is C11H12N6S2. The molecule has 0 aliphatic heterocycles. The van der Waals surface area contributed by atoms with E-state index >= 15 is 0 Å². The molecule has 0 fully saturated rings. The van der Waals surface area contributed by atoms with Gasteiger partial charge >= 0.3 is 0 Å². The van der Waals surface area contributed by atoms with Gasteiger partial charge in [0.25, 0.3) is 0 Å². The molecule has 19 heavy (non-hydrogen) atoms. The summed E-state index contributed by atoms with van der Waals surface area (Å²) in [6.45, 7) is 2.90. The number of hydrogen-bond acceptors (Lipinski definition) is 7. The van der Waals surface area contributed by atoms with Crippen molar-refractivity contribution in [2.24, 2.45) is 0 Å². The minimum absolute atomic E-state index is 0.726. The van der Waals surface area contributed by atoms with Crippen LogP contribution in [0.25, 0.3) is 5.78 Å². The maximum absolute atomic E-state index is 4.44. The molecular weight excluding hydrogens is 280 g/mol. The summed E-state index contributed by atoms with van der Waals surface area (Å²) < 4.78 is 2.86. The molecule has 0 aliphatic carbocycles. The number of fused-ring (bicyclic) bond motifs is 1. The largest absolute Gasteiger partial charge is 0.360 e. The summed E-state index contributed by atoms with van der Waals surface area (Å²) in [5.41, 5.74) is 0.990. The lowest BCUT2D eigenvalue weighted by atomic mass is 10.6. The van der Waals surface area contributed by atoms with E-state index in [9.17, 15) is 0 Å². The van der Waals surface area contributed by atoms with Gasteiger partial charge in [0.1, 0.15) is 0 Å². The van der Waals surface area contributed by atoms with Crippen LogP contribution in [0.3, 0.4) is 0 Å². The van der Waals surface area contributed by atoms with Gasteiger partial charge in [-0.05, 0) is 13.0 Å². The van der Waals surface area contributed by atoms with Crippen LogP contribution in [0.5, 0.6) is 0 Å². The fourth-order valence-corrected chi connectivity index (χ4v) is 3.28. The molecule has 0 spiro atoms. The van der Waals surface area contributed by atoms with Crippen LogP contribution < -0.4 is 5.32 Å². The predicted molar refractivity (Wildman–Crippen MR) is 76.6 cm³/mol. The molecule has 0 amide bonds. The number of thioether (sulfide) groups is 1. The monoisotopic (exact) mass is 292 g/mol. The van der Waals surface area contributed by atoms with Crippen molar-refractivity contribution in [3.05, 3.63) is 30.4 Å². The van der Waals surface area contributed by atoms with Crippen LogP contribution in [-0.4, -0.2) is 31.1 Å². The van der Waals surface area contributed by atoms with Gasteiger partial charge in [-0.15, -0.1) is 10.2 Å². The highest BCUT2D eigenvalue weighted by Crippen LogP contribution is 2.27. The first-order chi connectivity index (χ1) is 9.35. The number of anilines is 1. The van der Waals surface area contributed by atoms with Crippen LogP contribution in [0.1, 0.15) is 12.6 Å². The van der Waals surface area contributed by atoms with Crippen molar-refractivity contribution in [1.82, 2.24) is 24.6 Å². The average Bonchev–Trinajstić information content (AvgIpc) is 3.02. The Morgan fingerprint density at radius 3 is 3.21 bits per heavy atom. The highest BCUT2D eigenvalue weighted by Gasteiger charge is 2.07. The maximum atomic E-state index is 4.44.